The highest BCUT2D eigenvalue weighted by Crippen LogP contribution is 2.19. The van der Waals surface area contributed by atoms with Crippen LogP contribution in [0.2, 0.25) is 0 Å². The average Bonchev–Trinajstić information content (AvgIpc) is 2.28. The topological polar surface area (TPSA) is 26.3 Å². The first kappa shape index (κ1) is 16.3. The van der Waals surface area contributed by atoms with Crippen molar-refractivity contribution < 1.29 is 9.53 Å². The van der Waals surface area contributed by atoms with Gasteiger partial charge in [-0.25, -0.2) is 4.79 Å². The van der Waals surface area contributed by atoms with Gasteiger partial charge >= 0.3 is 5.97 Å². The SMILES string of the molecule is CCSCC(CC/C(C)=C/C(=O)OC)=C(C)C. The molecule has 0 fully saturated rings. The Morgan fingerprint density at radius 1 is 1.24 bits per heavy atom. The molecule has 0 aliphatic carbocycles. The molecule has 0 aromatic heterocycles. The van der Waals surface area contributed by atoms with Gasteiger partial charge in [0.25, 0.3) is 0 Å². The molecular weight excluding hydrogens is 232 g/mol. The van der Waals surface area contributed by atoms with Crippen molar-refractivity contribution in [1.82, 2.24) is 0 Å². The third kappa shape index (κ3) is 8.08. The number of ether oxygens (including phenoxy) is 1. The minimum atomic E-state index is -0.260. The number of thioether (sulfide) groups is 1. The van der Waals surface area contributed by atoms with Crippen LogP contribution < -0.4 is 0 Å². The summed E-state index contributed by atoms with van der Waals surface area (Å²) in [6, 6.07) is 0. The second kappa shape index (κ2) is 9.34. The van der Waals surface area contributed by atoms with Crippen LogP contribution in [0.1, 0.15) is 40.5 Å². The van der Waals surface area contributed by atoms with Crippen molar-refractivity contribution in [3.05, 3.63) is 22.8 Å². The molecule has 0 radical (unpaired) electrons. The van der Waals surface area contributed by atoms with Gasteiger partial charge in [-0.15, -0.1) is 0 Å². The molecular formula is C14H24O2S. The summed E-state index contributed by atoms with van der Waals surface area (Å²) in [6.07, 6.45) is 3.55. The fourth-order valence-corrected chi connectivity index (χ4v) is 2.26. The van der Waals surface area contributed by atoms with Gasteiger partial charge in [0.1, 0.15) is 0 Å². The quantitative estimate of drug-likeness (QED) is 0.391. The number of esters is 1. The zero-order valence-corrected chi connectivity index (χ0v) is 12.4. The number of methoxy groups -OCH3 is 1. The molecule has 0 aromatic rings. The Labute approximate surface area is 110 Å². The van der Waals surface area contributed by atoms with Gasteiger partial charge in [-0.05, 0) is 39.4 Å². The van der Waals surface area contributed by atoms with E-state index >= 15 is 0 Å². The fraction of sp³-hybridized carbons (Fsp3) is 0.643. The molecule has 0 N–H and O–H groups in total. The standard InChI is InChI=1S/C14H24O2S/c1-6-17-10-13(11(2)3)8-7-12(4)9-14(15)16-5/h9H,6-8,10H2,1-5H3/b12-9+. The zero-order valence-electron chi connectivity index (χ0n) is 11.6. The summed E-state index contributed by atoms with van der Waals surface area (Å²) in [6.45, 7) is 8.47. The highest BCUT2D eigenvalue weighted by molar-refractivity contribution is 7.99. The lowest BCUT2D eigenvalue weighted by molar-refractivity contribution is -0.134. The molecule has 0 spiro atoms. The Morgan fingerprint density at radius 3 is 2.35 bits per heavy atom. The zero-order chi connectivity index (χ0) is 13.3. The first-order valence-corrected chi connectivity index (χ1v) is 7.14. The summed E-state index contributed by atoms with van der Waals surface area (Å²) in [5.74, 6) is 1.99. The van der Waals surface area contributed by atoms with Crippen molar-refractivity contribution in [2.24, 2.45) is 0 Å². The Balaban J connectivity index is 4.27. The van der Waals surface area contributed by atoms with E-state index in [4.69, 9.17) is 0 Å². The molecule has 0 heterocycles. The van der Waals surface area contributed by atoms with E-state index in [0.29, 0.717) is 0 Å². The van der Waals surface area contributed by atoms with Gasteiger partial charge in [-0.1, -0.05) is 23.6 Å². The summed E-state index contributed by atoms with van der Waals surface area (Å²) in [4.78, 5) is 11.1. The predicted octanol–water partition coefficient (Wildman–Crippen LogP) is 3.98. The summed E-state index contributed by atoms with van der Waals surface area (Å²) in [5.41, 5.74) is 3.98. The van der Waals surface area contributed by atoms with Crippen molar-refractivity contribution in [2.75, 3.05) is 18.6 Å². The normalized spacial score (nSPS) is 11.2. The van der Waals surface area contributed by atoms with E-state index in [1.54, 1.807) is 6.08 Å². The molecule has 3 heteroatoms. The van der Waals surface area contributed by atoms with Crippen LogP contribution in [0.3, 0.4) is 0 Å². The Kier molecular flexibility index (Phi) is 8.96. The maximum absolute atomic E-state index is 11.1. The van der Waals surface area contributed by atoms with Gasteiger partial charge in [-0.2, -0.15) is 11.8 Å². The van der Waals surface area contributed by atoms with Crippen molar-refractivity contribution in [1.29, 1.82) is 0 Å². The van der Waals surface area contributed by atoms with Crippen molar-refractivity contribution in [2.45, 2.75) is 40.5 Å². The second-order valence-electron chi connectivity index (χ2n) is 4.25. The molecule has 0 atom stereocenters. The van der Waals surface area contributed by atoms with E-state index in [1.165, 1.54) is 18.3 Å². The largest absolute Gasteiger partial charge is 0.466 e. The minimum Gasteiger partial charge on any atom is -0.466 e. The third-order valence-electron chi connectivity index (χ3n) is 2.57. The van der Waals surface area contributed by atoms with Crippen LogP contribution in [0, 0.1) is 0 Å². The molecule has 0 unspecified atom stereocenters. The molecule has 0 aromatic carbocycles. The van der Waals surface area contributed by atoms with Crippen LogP contribution in [0.15, 0.2) is 22.8 Å². The van der Waals surface area contributed by atoms with Crippen LogP contribution in [0.25, 0.3) is 0 Å². The lowest BCUT2D eigenvalue weighted by Crippen LogP contribution is -1.97. The van der Waals surface area contributed by atoms with Gasteiger partial charge in [0, 0.05) is 11.8 Å². The van der Waals surface area contributed by atoms with E-state index in [0.717, 1.165) is 29.9 Å². The Hall–Kier alpha value is -0.700. The molecule has 0 saturated carbocycles. The first-order valence-electron chi connectivity index (χ1n) is 5.99. The number of hydrogen-bond donors (Lipinski definition) is 0. The Morgan fingerprint density at radius 2 is 1.88 bits per heavy atom. The lowest BCUT2D eigenvalue weighted by Gasteiger charge is -2.09. The number of carbonyl (C=O) groups excluding carboxylic acids is 1. The highest BCUT2D eigenvalue weighted by Gasteiger charge is 2.02. The van der Waals surface area contributed by atoms with Gasteiger partial charge in [0.15, 0.2) is 0 Å². The lowest BCUT2D eigenvalue weighted by atomic mass is 10.0. The van der Waals surface area contributed by atoms with Gasteiger partial charge in [0.05, 0.1) is 7.11 Å². The van der Waals surface area contributed by atoms with E-state index in [1.807, 2.05) is 18.7 Å². The maximum Gasteiger partial charge on any atom is 0.330 e. The summed E-state index contributed by atoms with van der Waals surface area (Å²) in [5, 5.41) is 0. The number of rotatable bonds is 7. The van der Waals surface area contributed by atoms with Crippen molar-refractivity contribution in [3.8, 4) is 0 Å². The molecule has 0 amide bonds. The van der Waals surface area contributed by atoms with Crippen LogP contribution in [0.4, 0.5) is 0 Å². The summed E-state index contributed by atoms with van der Waals surface area (Å²) in [7, 11) is 1.41. The van der Waals surface area contributed by atoms with Crippen LogP contribution >= 0.6 is 11.8 Å². The smallest absolute Gasteiger partial charge is 0.330 e. The van der Waals surface area contributed by atoms with Gasteiger partial charge in [0.2, 0.25) is 0 Å². The van der Waals surface area contributed by atoms with E-state index in [-0.39, 0.29) is 5.97 Å². The van der Waals surface area contributed by atoms with Crippen LogP contribution in [-0.2, 0) is 9.53 Å². The fourth-order valence-electron chi connectivity index (χ4n) is 1.37. The average molecular weight is 256 g/mol. The summed E-state index contributed by atoms with van der Waals surface area (Å²) >= 11 is 1.95. The van der Waals surface area contributed by atoms with Crippen LogP contribution in [-0.4, -0.2) is 24.6 Å². The molecule has 0 aliphatic rings. The number of carbonyl (C=O) groups is 1. The summed E-state index contributed by atoms with van der Waals surface area (Å²) < 4.78 is 4.61. The molecule has 0 saturated heterocycles. The predicted molar refractivity (Wildman–Crippen MR) is 76.4 cm³/mol. The molecule has 17 heavy (non-hydrogen) atoms. The number of allylic oxidation sites excluding steroid dienone is 2. The highest BCUT2D eigenvalue weighted by atomic mass is 32.2. The van der Waals surface area contributed by atoms with Gasteiger partial charge < -0.3 is 4.74 Å². The molecule has 0 aliphatic heterocycles. The van der Waals surface area contributed by atoms with Gasteiger partial charge in [-0.3, -0.25) is 0 Å². The molecule has 2 nitrogen and oxygen atoms in total. The van der Waals surface area contributed by atoms with Crippen LogP contribution in [0.5, 0.6) is 0 Å². The monoisotopic (exact) mass is 256 g/mol. The first-order chi connectivity index (χ1) is 8.01. The molecule has 0 rings (SSSR count). The van der Waals surface area contributed by atoms with E-state index < -0.39 is 0 Å². The van der Waals surface area contributed by atoms with E-state index in [9.17, 15) is 4.79 Å². The van der Waals surface area contributed by atoms with Crippen molar-refractivity contribution in [3.63, 3.8) is 0 Å². The minimum absolute atomic E-state index is 0.260. The molecule has 98 valence electrons. The van der Waals surface area contributed by atoms with E-state index in [2.05, 4.69) is 25.5 Å². The number of hydrogen-bond acceptors (Lipinski definition) is 3. The Bertz CT molecular complexity index is 299. The third-order valence-corrected chi connectivity index (χ3v) is 3.53. The second-order valence-corrected chi connectivity index (χ2v) is 5.53. The van der Waals surface area contributed by atoms with Crippen molar-refractivity contribution >= 4 is 17.7 Å². The molecule has 0 bridgehead atoms. The maximum atomic E-state index is 11.1.